The zero-order chi connectivity index (χ0) is 11.2. The number of Topliss-reactive ketones (excluding diaryl/α,β-unsaturated/α-hetero) is 1. The number of fused-ring (bicyclic) bond motifs is 1. The van der Waals surface area contributed by atoms with Gasteiger partial charge in [-0.15, -0.1) is 0 Å². The highest BCUT2D eigenvalue weighted by Crippen LogP contribution is 2.39. The maximum Gasteiger partial charge on any atom is 0.411 e. The molecule has 84 valence electrons. The van der Waals surface area contributed by atoms with Gasteiger partial charge in [0.1, 0.15) is 11.6 Å². The van der Waals surface area contributed by atoms with Crippen molar-refractivity contribution >= 4 is 11.9 Å². The van der Waals surface area contributed by atoms with Crippen molar-refractivity contribution < 1.29 is 14.3 Å². The van der Waals surface area contributed by atoms with Crippen molar-refractivity contribution in [2.75, 3.05) is 0 Å². The summed E-state index contributed by atoms with van der Waals surface area (Å²) in [6.45, 7) is 5.50. The molecule has 1 heterocycles. The molecule has 15 heavy (non-hydrogen) atoms. The highest BCUT2D eigenvalue weighted by atomic mass is 16.6. The minimum atomic E-state index is -0.480. The molecule has 1 amide bonds. The van der Waals surface area contributed by atoms with Gasteiger partial charge in [0.05, 0.1) is 6.04 Å². The normalized spacial score (nSPS) is 29.8. The number of likely N-dealkylation sites (tertiary alicyclic amines) is 1. The number of ether oxygens (including phenoxy) is 1. The van der Waals surface area contributed by atoms with Gasteiger partial charge in [-0.3, -0.25) is 9.69 Å². The molecule has 0 N–H and O–H groups in total. The fourth-order valence-electron chi connectivity index (χ4n) is 2.14. The van der Waals surface area contributed by atoms with E-state index in [0.717, 1.165) is 12.8 Å². The molecule has 0 aromatic carbocycles. The van der Waals surface area contributed by atoms with E-state index in [1.807, 2.05) is 20.8 Å². The summed E-state index contributed by atoms with van der Waals surface area (Å²) in [6.07, 6.45) is 2.11. The Hall–Kier alpha value is -1.06. The van der Waals surface area contributed by atoms with Crippen molar-refractivity contribution in [3.05, 3.63) is 0 Å². The number of rotatable bonds is 0. The Labute approximate surface area is 89.6 Å². The predicted molar refractivity (Wildman–Crippen MR) is 54.5 cm³/mol. The molecule has 0 unspecified atom stereocenters. The molecule has 2 rings (SSSR count). The summed E-state index contributed by atoms with van der Waals surface area (Å²) in [5.74, 6) is 0.192. The van der Waals surface area contributed by atoms with E-state index in [1.165, 1.54) is 0 Å². The number of nitrogens with zero attached hydrogens (tertiary/aromatic N) is 1. The van der Waals surface area contributed by atoms with E-state index in [4.69, 9.17) is 4.74 Å². The molecule has 0 spiro atoms. The molecule has 1 saturated heterocycles. The zero-order valence-electron chi connectivity index (χ0n) is 9.45. The third kappa shape index (κ3) is 1.98. The second kappa shape index (κ2) is 3.22. The first-order valence-corrected chi connectivity index (χ1v) is 5.44. The van der Waals surface area contributed by atoms with Crippen LogP contribution in [0.1, 0.15) is 40.0 Å². The summed E-state index contributed by atoms with van der Waals surface area (Å²) in [5, 5.41) is 0. The van der Waals surface area contributed by atoms with Crippen LogP contribution in [-0.4, -0.2) is 34.5 Å². The lowest BCUT2D eigenvalue weighted by Crippen LogP contribution is -2.29. The van der Waals surface area contributed by atoms with Crippen LogP contribution in [0.5, 0.6) is 0 Å². The SMILES string of the molecule is CC(C)(C)OC(=O)N1[C@@H]2C(=O)CCC[C@@H]21. The van der Waals surface area contributed by atoms with Gasteiger partial charge >= 0.3 is 6.09 Å². The number of carbonyl (C=O) groups is 2. The number of hydrogen-bond donors (Lipinski definition) is 0. The summed E-state index contributed by atoms with van der Waals surface area (Å²) in [5.41, 5.74) is -0.480. The topological polar surface area (TPSA) is 46.4 Å². The summed E-state index contributed by atoms with van der Waals surface area (Å²) in [6, 6.07) is -0.0466. The molecular weight excluding hydrogens is 194 g/mol. The first-order chi connectivity index (χ1) is 6.90. The molecule has 4 heteroatoms. The highest BCUT2D eigenvalue weighted by molar-refractivity contribution is 5.94. The van der Waals surface area contributed by atoms with Crippen molar-refractivity contribution in [3.63, 3.8) is 0 Å². The summed E-state index contributed by atoms with van der Waals surface area (Å²) in [7, 11) is 0. The van der Waals surface area contributed by atoms with Crippen molar-refractivity contribution in [1.29, 1.82) is 0 Å². The van der Waals surface area contributed by atoms with Gasteiger partial charge in [-0.05, 0) is 33.6 Å². The fraction of sp³-hybridized carbons (Fsp3) is 0.818. The zero-order valence-corrected chi connectivity index (χ0v) is 9.45. The van der Waals surface area contributed by atoms with E-state index in [2.05, 4.69) is 0 Å². The molecule has 1 aliphatic heterocycles. The maximum atomic E-state index is 11.7. The summed E-state index contributed by atoms with van der Waals surface area (Å²) >= 11 is 0. The molecule has 1 aliphatic carbocycles. The van der Waals surface area contributed by atoms with Crippen molar-refractivity contribution in [2.24, 2.45) is 0 Å². The van der Waals surface area contributed by atoms with E-state index in [0.29, 0.717) is 6.42 Å². The van der Waals surface area contributed by atoms with Crippen molar-refractivity contribution in [3.8, 4) is 0 Å². The third-order valence-electron chi connectivity index (χ3n) is 2.79. The van der Waals surface area contributed by atoms with Crippen LogP contribution in [-0.2, 0) is 9.53 Å². The van der Waals surface area contributed by atoms with E-state index >= 15 is 0 Å². The second-order valence-corrected chi connectivity index (χ2v) is 5.26. The Balaban J connectivity index is 1.97. The van der Waals surface area contributed by atoms with Crippen LogP contribution in [0, 0.1) is 0 Å². The lowest BCUT2D eigenvalue weighted by Gasteiger charge is -2.19. The first-order valence-electron chi connectivity index (χ1n) is 5.44. The monoisotopic (exact) mass is 211 g/mol. The maximum absolute atomic E-state index is 11.7. The van der Waals surface area contributed by atoms with Gasteiger partial charge in [-0.25, -0.2) is 4.79 Å². The van der Waals surface area contributed by atoms with Crippen LogP contribution in [0.25, 0.3) is 0 Å². The van der Waals surface area contributed by atoms with Gasteiger partial charge < -0.3 is 4.74 Å². The number of hydrogen-bond acceptors (Lipinski definition) is 3. The average molecular weight is 211 g/mol. The number of ketones is 1. The van der Waals surface area contributed by atoms with Crippen LogP contribution in [0.3, 0.4) is 0 Å². The van der Waals surface area contributed by atoms with E-state index in [1.54, 1.807) is 4.90 Å². The summed E-state index contributed by atoms with van der Waals surface area (Å²) in [4.78, 5) is 24.7. The molecule has 2 aliphatic rings. The molecule has 1 saturated carbocycles. The van der Waals surface area contributed by atoms with Crippen molar-refractivity contribution in [1.82, 2.24) is 4.90 Å². The Morgan fingerprint density at radius 3 is 2.67 bits per heavy atom. The Bertz CT molecular complexity index is 305. The lowest BCUT2D eigenvalue weighted by atomic mass is 10.00. The van der Waals surface area contributed by atoms with Gasteiger partial charge in [0.15, 0.2) is 5.78 Å². The van der Waals surface area contributed by atoms with Crippen LogP contribution >= 0.6 is 0 Å². The average Bonchev–Trinajstić information content (AvgIpc) is 2.76. The predicted octanol–water partition coefficient (Wildman–Crippen LogP) is 1.73. The van der Waals surface area contributed by atoms with Crippen LogP contribution in [0.4, 0.5) is 4.79 Å². The molecule has 2 atom stereocenters. The minimum Gasteiger partial charge on any atom is -0.444 e. The Kier molecular flexibility index (Phi) is 2.24. The van der Waals surface area contributed by atoms with E-state index in [9.17, 15) is 9.59 Å². The quantitative estimate of drug-likeness (QED) is 0.573. The number of amides is 1. The van der Waals surface area contributed by atoms with E-state index < -0.39 is 5.60 Å². The van der Waals surface area contributed by atoms with Gasteiger partial charge in [-0.1, -0.05) is 0 Å². The standard InChI is InChI=1S/C11H17NO3/c1-11(2,3)15-10(14)12-7-5-4-6-8(13)9(7)12/h7,9H,4-6H2,1-3H3/t7-,9-,12?/m0/s1. The Morgan fingerprint density at radius 1 is 1.47 bits per heavy atom. The largest absolute Gasteiger partial charge is 0.444 e. The van der Waals surface area contributed by atoms with Gasteiger partial charge in [0, 0.05) is 6.42 Å². The molecule has 0 bridgehead atoms. The first kappa shape index (κ1) is 10.5. The molecule has 4 nitrogen and oxygen atoms in total. The molecule has 0 radical (unpaired) electrons. The van der Waals surface area contributed by atoms with Crippen LogP contribution < -0.4 is 0 Å². The Morgan fingerprint density at radius 2 is 2.13 bits per heavy atom. The number of carbonyl (C=O) groups excluding carboxylic acids is 2. The second-order valence-electron chi connectivity index (χ2n) is 5.26. The molecule has 2 fully saturated rings. The molecule has 0 aromatic heterocycles. The highest BCUT2D eigenvalue weighted by Gasteiger charge is 2.57. The van der Waals surface area contributed by atoms with Gasteiger partial charge in [-0.2, -0.15) is 0 Å². The van der Waals surface area contributed by atoms with Gasteiger partial charge in [0.25, 0.3) is 0 Å². The summed E-state index contributed by atoms with van der Waals surface area (Å²) < 4.78 is 5.24. The smallest absolute Gasteiger partial charge is 0.411 e. The van der Waals surface area contributed by atoms with Crippen LogP contribution in [0.2, 0.25) is 0 Å². The lowest BCUT2D eigenvalue weighted by molar-refractivity contribution is -0.119. The minimum absolute atomic E-state index is 0.126. The van der Waals surface area contributed by atoms with Gasteiger partial charge in [0.2, 0.25) is 0 Å². The third-order valence-corrected chi connectivity index (χ3v) is 2.79. The molecular formula is C11H17NO3. The fourth-order valence-corrected chi connectivity index (χ4v) is 2.14. The van der Waals surface area contributed by atoms with E-state index in [-0.39, 0.29) is 24.0 Å². The molecule has 0 aromatic rings. The van der Waals surface area contributed by atoms with Crippen molar-refractivity contribution in [2.45, 2.75) is 57.7 Å². The van der Waals surface area contributed by atoms with Crippen LogP contribution in [0.15, 0.2) is 0 Å².